The molecule has 1 unspecified atom stereocenters. The lowest BCUT2D eigenvalue weighted by atomic mass is 10.1. The number of piperidine rings is 1. The van der Waals surface area contributed by atoms with Gasteiger partial charge in [0.25, 0.3) is 0 Å². The van der Waals surface area contributed by atoms with Gasteiger partial charge in [0.05, 0.1) is 17.6 Å². The first kappa shape index (κ1) is 19.5. The zero-order valence-electron chi connectivity index (χ0n) is 15.3. The minimum Gasteiger partial charge on any atom is -0.465 e. The second-order valence-electron chi connectivity index (χ2n) is 6.70. The molecule has 1 heterocycles. The van der Waals surface area contributed by atoms with Crippen molar-refractivity contribution in [2.24, 2.45) is 0 Å². The lowest BCUT2D eigenvalue weighted by Crippen LogP contribution is -2.47. The molecular formula is C20H24N2O4S. The molecule has 1 aliphatic heterocycles. The van der Waals surface area contributed by atoms with E-state index in [1.165, 1.54) is 36.9 Å². The summed E-state index contributed by atoms with van der Waals surface area (Å²) in [5.41, 5.74) is 1.54. The highest BCUT2D eigenvalue weighted by Crippen LogP contribution is 2.17. The van der Waals surface area contributed by atoms with Gasteiger partial charge in [-0.15, -0.1) is 0 Å². The van der Waals surface area contributed by atoms with Crippen molar-refractivity contribution in [2.75, 3.05) is 20.2 Å². The van der Waals surface area contributed by atoms with E-state index in [9.17, 15) is 13.2 Å². The molecule has 0 saturated carbocycles. The highest BCUT2D eigenvalue weighted by Gasteiger charge is 2.25. The largest absolute Gasteiger partial charge is 0.465 e. The molecule has 0 bridgehead atoms. The monoisotopic (exact) mass is 388 g/mol. The average Bonchev–Trinajstić information content (AvgIpc) is 2.68. The van der Waals surface area contributed by atoms with Crippen molar-refractivity contribution in [1.82, 2.24) is 9.62 Å². The predicted molar refractivity (Wildman–Crippen MR) is 103 cm³/mol. The van der Waals surface area contributed by atoms with Gasteiger partial charge in [0.2, 0.25) is 10.0 Å². The van der Waals surface area contributed by atoms with Gasteiger partial charge >= 0.3 is 5.97 Å². The fourth-order valence-corrected chi connectivity index (χ4v) is 4.57. The van der Waals surface area contributed by atoms with E-state index in [0.29, 0.717) is 12.1 Å². The smallest absolute Gasteiger partial charge is 0.337 e. The summed E-state index contributed by atoms with van der Waals surface area (Å²) in [6.45, 7) is 2.45. The van der Waals surface area contributed by atoms with E-state index in [0.717, 1.165) is 25.9 Å². The predicted octanol–water partition coefficient (Wildman–Crippen LogP) is 2.42. The number of methoxy groups -OCH3 is 1. The van der Waals surface area contributed by atoms with E-state index in [1.807, 2.05) is 18.2 Å². The van der Waals surface area contributed by atoms with Crippen LogP contribution in [0.25, 0.3) is 0 Å². The van der Waals surface area contributed by atoms with Gasteiger partial charge in [-0.3, -0.25) is 4.90 Å². The summed E-state index contributed by atoms with van der Waals surface area (Å²) in [7, 11) is -2.34. The topological polar surface area (TPSA) is 75.7 Å². The molecule has 1 saturated heterocycles. The van der Waals surface area contributed by atoms with E-state index in [1.54, 1.807) is 0 Å². The van der Waals surface area contributed by atoms with E-state index >= 15 is 0 Å². The molecular weight excluding hydrogens is 364 g/mol. The maximum Gasteiger partial charge on any atom is 0.337 e. The summed E-state index contributed by atoms with van der Waals surface area (Å²) in [6, 6.07) is 15.8. The van der Waals surface area contributed by atoms with E-state index in [4.69, 9.17) is 0 Å². The van der Waals surface area contributed by atoms with Gasteiger partial charge in [0.15, 0.2) is 0 Å². The normalized spacial score (nSPS) is 18.2. The zero-order chi connectivity index (χ0) is 19.3. The Bertz CT molecular complexity index is 867. The second-order valence-corrected chi connectivity index (χ2v) is 8.41. The number of ether oxygens (including phenoxy) is 1. The summed E-state index contributed by atoms with van der Waals surface area (Å²) >= 11 is 0. The van der Waals surface area contributed by atoms with E-state index in [-0.39, 0.29) is 10.9 Å². The van der Waals surface area contributed by atoms with Crippen LogP contribution < -0.4 is 4.72 Å². The zero-order valence-corrected chi connectivity index (χ0v) is 16.1. The van der Waals surface area contributed by atoms with Crippen molar-refractivity contribution in [2.45, 2.75) is 30.3 Å². The molecule has 144 valence electrons. The number of esters is 1. The van der Waals surface area contributed by atoms with Crippen molar-refractivity contribution in [3.63, 3.8) is 0 Å². The van der Waals surface area contributed by atoms with Gasteiger partial charge in [-0.05, 0) is 49.2 Å². The first-order valence-electron chi connectivity index (χ1n) is 8.95. The molecule has 0 amide bonds. The first-order valence-corrected chi connectivity index (χ1v) is 10.4. The molecule has 6 nitrogen and oxygen atoms in total. The third-order valence-corrected chi connectivity index (χ3v) is 6.20. The number of rotatable bonds is 6. The molecule has 3 rings (SSSR count). The van der Waals surface area contributed by atoms with Crippen LogP contribution in [0.4, 0.5) is 0 Å². The molecule has 1 N–H and O–H groups in total. The molecule has 7 heteroatoms. The summed E-state index contributed by atoms with van der Waals surface area (Å²) in [5, 5.41) is 0. The Hall–Kier alpha value is -2.22. The van der Waals surface area contributed by atoms with Crippen molar-refractivity contribution < 1.29 is 17.9 Å². The molecule has 0 aromatic heterocycles. The number of nitrogens with zero attached hydrogens (tertiary/aromatic N) is 1. The van der Waals surface area contributed by atoms with Crippen LogP contribution in [0.2, 0.25) is 0 Å². The third kappa shape index (κ3) is 5.15. The third-order valence-electron chi connectivity index (χ3n) is 4.66. The van der Waals surface area contributed by atoms with Crippen molar-refractivity contribution in [3.05, 3.63) is 65.7 Å². The van der Waals surface area contributed by atoms with Crippen LogP contribution in [0.3, 0.4) is 0 Å². The second kappa shape index (κ2) is 8.65. The lowest BCUT2D eigenvalue weighted by molar-refractivity contribution is 0.0600. The van der Waals surface area contributed by atoms with Crippen LogP contribution in [0, 0.1) is 0 Å². The molecule has 27 heavy (non-hydrogen) atoms. The Morgan fingerprint density at radius 1 is 1.15 bits per heavy atom. The lowest BCUT2D eigenvalue weighted by Gasteiger charge is -2.33. The van der Waals surface area contributed by atoms with Gasteiger partial charge in [-0.1, -0.05) is 30.3 Å². The molecule has 0 spiro atoms. The number of nitrogens with one attached hydrogen (secondary N) is 1. The van der Waals surface area contributed by atoms with Crippen molar-refractivity contribution >= 4 is 16.0 Å². The Morgan fingerprint density at radius 2 is 1.85 bits per heavy atom. The Labute approximate surface area is 160 Å². The van der Waals surface area contributed by atoms with Crippen LogP contribution >= 0.6 is 0 Å². The molecule has 1 atom stereocenters. The fraction of sp³-hybridized carbons (Fsp3) is 0.350. The minimum absolute atomic E-state index is 0.132. The highest BCUT2D eigenvalue weighted by atomic mass is 32.2. The molecule has 1 aliphatic rings. The SMILES string of the molecule is COC(=O)c1ccc(S(=O)(=O)NC2CCCN(Cc3ccccc3)C2)cc1. The van der Waals surface area contributed by atoms with E-state index in [2.05, 4.69) is 26.5 Å². The standard InChI is InChI=1S/C20H24N2O4S/c1-26-20(23)17-9-11-19(12-10-17)27(24,25)21-18-8-5-13-22(15-18)14-16-6-3-2-4-7-16/h2-4,6-7,9-12,18,21H,5,8,13-15H2,1H3. The van der Waals surface area contributed by atoms with Crippen LogP contribution in [0.5, 0.6) is 0 Å². The summed E-state index contributed by atoms with van der Waals surface area (Å²) in [5.74, 6) is -0.490. The number of likely N-dealkylation sites (tertiary alicyclic amines) is 1. The van der Waals surface area contributed by atoms with Gasteiger partial charge in [0.1, 0.15) is 0 Å². The number of benzene rings is 2. The maximum absolute atomic E-state index is 12.7. The van der Waals surface area contributed by atoms with Gasteiger partial charge in [-0.25, -0.2) is 17.9 Å². The van der Waals surface area contributed by atoms with Crippen LogP contribution in [0.15, 0.2) is 59.5 Å². The molecule has 1 fully saturated rings. The van der Waals surface area contributed by atoms with E-state index < -0.39 is 16.0 Å². The summed E-state index contributed by atoms with van der Waals surface area (Å²) < 4.78 is 32.8. The number of carbonyl (C=O) groups is 1. The summed E-state index contributed by atoms with van der Waals surface area (Å²) in [6.07, 6.45) is 1.76. The van der Waals surface area contributed by atoms with Gasteiger partial charge < -0.3 is 4.74 Å². The van der Waals surface area contributed by atoms with Crippen molar-refractivity contribution in [3.8, 4) is 0 Å². The Kier molecular flexibility index (Phi) is 6.26. The molecule has 2 aromatic rings. The molecule has 2 aromatic carbocycles. The highest BCUT2D eigenvalue weighted by molar-refractivity contribution is 7.89. The number of hydrogen-bond acceptors (Lipinski definition) is 5. The fourth-order valence-electron chi connectivity index (χ4n) is 3.31. The van der Waals surface area contributed by atoms with Gasteiger partial charge in [0, 0.05) is 19.1 Å². The van der Waals surface area contributed by atoms with Gasteiger partial charge in [-0.2, -0.15) is 0 Å². The quantitative estimate of drug-likeness (QED) is 0.769. The van der Waals surface area contributed by atoms with Crippen LogP contribution in [-0.4, -0.2) is 45.5 Å². The summed E-state index contributed by atoms with van der Waals surface area (Å²) in [4.78, 5) is 13.9. The number of carbonyl (C=O) groups excluding carboxylic acids is 1. The van der Waals surface area contributed by atoms with Crippen molar-refractivity contribution in [1.29, 1.82) is 0 Å². The van der Waals surface area contributed by atoms with Crippen LogP contribution in [-0.2, 0) is 21.3 Å². The minimum atomic E-state index is -3.63. The number of hydrogen-bond donors (Lipinski definition) is 1. The Balaban J connectivity index is 1.63. The Morgan fingerprint density at radius 3 is 2.52 bits per heavy atom. The molecule has 0 radical (unpaired) electrons. The average molecular weight is 388 g/mol. The molecule has 0 aliphatic carbocycles. The van der Waals surface area contributed by atoms with Crippen LogP contribution in [0.1, 0.15) is 28.8 Å². The maximum atomic E-state index is 12.7. The first-order chi connectivity index (χ1) is 13.0. The number of sulfonamides is 1.